The molecule has 8 heteroatoms. The van der Waals surface area contributed by atoms with Gasteiger partial charge in [0.2, 0.25) is 0 Å². The second-order valence-electron chi connectivity index (χ2n) is 7.93. The van der Waals surface area contributed by atoms with Crippen LogP contribution in [0.2, 0.25) is 0 Å². The van der Waals surface area contributed by atoms with Gasteiger partial charge in [-0.25, -0.2) is 0 Å². The highest BCUT2D eigenvalue weighted by Crippen LogP contribution is 2.38. The van der Waals surface area contributed by atoms with E-state index in [1.807, 2.05) is 31.2 Å². The molecule has 0 amide bonds. The maximum absolute atomic E-state index is 10.1. The van der Waals surface area contributed by atoms with Crippen LogP contribution in [0.5, 0.6) is 17.2 Å². The summed E-state index contributed by atoms with van der Waals surface area (Å²) in [6.45, 7) is 6.88. The minimum atomic E-state index is -0.127. The first-order valence-electron chi connectivity index (χ1n) is 11.0. The van der Waals surface area contributed by atoms with Crippen molar-refractivity contribution in [1.82, 2.24) is 9.88 Å². The number of morpholine rings is 1. The molecule has 2 N–H and O–H groups in total. The second-order valence-corrected chi connectivity index (χ2v) is 7.93. The van der Waals surface area contributed by atoms with Crippen molar-refractivity contribution in [1.29, 1.82) is 5.26 Å². The molecule has 2 aromatic carbocycles. The maximum atomic E-state index is 10.1. The van der Waals surface area contributed by atoms with Gasteiger partial charge in [-0.15, -0.1) is 0 Å². The monoisotopic (exact) mass is 448 g/mol. The van der Waals surface area contributed by atoms with E-state index < -0.39 is 0 Å². The van der Waals surface area contributed by atoms with Gasteiger partial charge in [-0.05, 0) is 31.0 Å². The minimum Gasteiger partial charge on any atom is -0.508 e. The summed E-state index contributed by atoms with van der Waals surface area (Å²) in [7, 11) is 1.60. The van der Waals surface area contributed by atoms with E-state index in [-0.39, 0.29) is 12.0 Å². The first-order chi connectivity index (χ1) is 16.0. The molecule has 4 rings (SSSR count). The number of nitriles is 1. The molecule has 1 saturated heterocycles. The summed E-state index contributed by atoms with van der Waals surface area (Å²) < 4.78 is 17.5. The van der Waals surface area contributed by atoms with Gasteiger partial charge in [0.05, 0.1) is 37.1 Å². The summed E-state index contributed by atoms with van der Waals surface area (Å²) in [5, 5.41) is 23.8. The number of fused-ring (bicyclic) bond motifs is 1. The van der Waals surface area contributed by atoms with Crippen LogP contribution in [-0.4, -0.2) is 54.6 Å². The number of anilines is 2. The zero-order valence-electron chi connectivity index (χ0n) is 19.1. The first kappa shape index (κ1) is 22.6. The smallest absolute Gasteiger partial charge is 0.164 e. The molecule has 2 heterocycles. The van der Waals surface area contributed by atoms with Crippen molar-refractivity contribution < 1.29 is 19.3 Å². The number of hydrogen-bond acceptors (Lipinski definition) is 8. The van der Waals surface area contributed by atoms with Crippen LogP contribution in [0.3, 0.4) is 0 Å². The fourth-order valence-corrected chi connectivity index (χ4v) is 3.93. The lowest BCUT2D eigenvalue weighted by atomic mass is 10.1. The van der Waals surface area contributed by atoms with Gasteiger partial charge >= 0.3 is 0 Å². The average Bonchev–Trinajstić information content (AvgIpc) is 2.85. The van der Waals surface area contributed by atoms with Gasteiger partial charge in [-0.3, -0.25) is 9.88 Å². The van der Waals surface area contributed by atoms with Crippen LogP contribution in [0.15, 0.2) is 36.5 Å². The summed E-state index contributed by atoms with van der Waals surface area (Å²) in [6, 6.07) is 11.2. The van der Waals surface area contributed by atoms with Crippen LogP contribution >= 0.6 is 0 Å². The number of pyridine rings is 1. The number of aryl methyl sites for hydroxylation is 1. The molecule has 1 atom stereocenters. The number of hydrogen-bond donors (Lipinski definition) is 2. The second kappa shape index (κ2) is 9.94. The zero-order chi connectivity index (χ0) is 23.4. The number of nitrogens with one attached hydrogen (secondary N) is 1. The summed E-state index contributed by atoms with van der Waals surface area (Å²) in [5.74, 6) is 1.33. The quantitative estimate of drug-likeness (QED) is 0.551. The predicted molar refractivity (Wildman–Crippen MR) is 126 cm³/mol. The number of phenols is 1. The molecule has 8 nitrogen and oxygen atoms in total. The van der Waals surface area contributed by atoms with Crippen molar-refractivity contribution in [2.45, 2.75) is 26.5 Å². The van der Waals surface area contributed by atoms with Gasteiger partial charge in [-0.2, -0.15) is 5.26 Å². The Kier molecular flexibility index (Phi) is 6.82. The third-order valence-electron chi connectivity index (χ3n) is 5.82. The maximum Gasteiger partial charge on any atom is 0.164 e. The highest BCUT2D eigenvalue weighted by Gasteiger charge is 2.23. The highest BCUT2D eigenvalue weighted by atomic mass is 16.5. The number of nitrogens with zero attached hydrogens (tertiary/aromatic N) is 3. The largest absolute Gasteiger partial charge is 0.508 e. The van der Waals surface area contributed by atoms with Gasteiger partial charge in [0.15, 0.2) is 17.7 Å². The molecule has 1 aliphatic rings. The Morgan fingerprint density at radius 1 is 1.24 bits per heavy atom. The van der Waals surface area contributed by atoms with E-state index in [1.165, 1.54) is 6.20 Å². The van der Waals surface area contributed by atoms with Gasteiger partial charge in [-0.1, -0.05) is 13.0 Å². The third-order valence-corrected chi connectivity index (χ3v) is 5.82. The van der Waals surface area contributed by atoms with E-state index in [9.17, 15) is 10.4 Å². The molecule has 0 spiro atoms. The van der Waals surface area contributed by atoms with Crippen molar-refractivity contribution in [3.63, 3.8) is 0 Å². The lowest BCUT2D eigenvalue weighted by molar-refractivity contribution is -0.0475. The topological polar surface area (TPSA) is 99.9 Å². The van der Waals surface area contributed by atoms with Crippen LogP contribution in [-0.2, 0) is 4.74 Å². The van der Waals surface area contributed by atoms with Gasteiger partial charge in [0, 0.05) is 42.5 Å². The normalized spacial score (nSPS) is 15.1. The van der Waals surface area contributed by atoms with Crippen molar-refractivity contribution >= 4 is 22.3 Å². The summed E-state index contributed by atoms with van der Waals surface area (Å²) in [6.07, 6.45) is 2.20. The predicted octanol–water partition coefficient (Wildman–Crippen LogP) is 4.32. The third kappa shape index (κ3) is 4.80. The molecule has 0 aliphatic carbocycles. The lowest BCUT2D eigenvalue weighted by Crippen LogP contribution is -2.46. The SMILES string of the molecule is CCC(Oc1cc2c(Nc3ccc(C)c(O)c3)c(C#N)cnc2cc1OC)N1CCOCC1. The van der Waals surface area contributed by atoms with Crippen molar-refractivity contribution in [3.05, 3.63) is 47.7 Å². The van der Waals surface area contributed by atoms with Crippen LogP contribution < -0.4 is 14.8 Å². The molecule has 1 fully saturated rings. The van der Waals surface area contributed by atoms with Crippen LogP contribution in [0.4, 0.5) is 11.4 Å². The molecule has 0 bridgehead atoms. The Morgan fingerprint density at radius 3 is 2.70 bits per heavy atom. The van der Waals surface area contributed by atoms with Crippen LogP contribution in [0.25, 0.3) is 10.9 Å². The van der Waals surface area contributed by atoms with E-state index in [0.717, 1.165) is 30.5 Å². The number of ether oxygens (including phenoxy) is 3. The van der Waals surface area contributed by atoms with Crippen LogP contribution in [0, 0.1) is 18.3 Å². The highest BCUT2D eigenvalue weighted by molar-refractivity contribution is 5.97. The average molecular weight is 449 g/mol. The molecule has 1 aromatic heterocycles. The number of aromatic nitrogens is 1. The Labute approximate surface area is 193 Å². The number of phenolic OH excluding ortho intramolecular Hbond substituents is 1. The molecule has 0 saturated carbocycles. The van der Waals surface area contributed by atoms with E-state index in [1.54, 1.807) is 13.2 Å². The van der Waals surface area contributed by atoms with E-state index in [2.05, 4.69) is 28.2 Å². The van der Waals surface area contributed by atoms with Crippen molar-refractivity contribution in [2.75, 3.05) is 38.7 Å². The lowest BCUT2D eigenvalue weighted by Gasteiger charge is -2.34. The van der Waals surface area contributed by atoms with E-state index in [0.29, 0.717) is 47.2 Å². The van der Waals surface area contributed by atoms with E-state index >= 15 is 0 Å². The van der Waals surface area contributed by atoms with Crippen molar-refractivity contribution in [3.8, 4) is 23.3 Å². The molecule has 33 heavy (non-hydrogen) atoms. The fraction of sp³-hybridized carbons (Fsp3) is 0.360. The van der Waals surface area contributed by atoms with Gasteiger partial charge < -0.3 is 24.6 Å². The number of aromatic hydroxyl groups is 1. The number of rotatable bonds is 7. The van der Waals surface area contributed by atoms with E-state index in [4.69, 9.17) is 14.2 Å². The summed E-state index contributed by atoms with van der Waals surface area (Å²) >= 11 is 0. The summed E-state index contributed by atoms with van der Waals surface area (Å²) in [5.41, 5.74) is 3.09. The Hall–Kier alpha value is -3.54. The van der Waals surface area contributed by atoms with Gasteiger partial charge in [0.1, 0.15) is 11.8 Å². The number of methoxy groups -OCH3 is 1. The fourth-order valence-electron chi connectivity index (χ4n) is 3.93. The molecule has 172 valence electrons. The Bertz CT molecular complexity index is 1190. The summed E-state index contributed by atoms with van der Waals surface area (Å²) in [4.78, 5) is 6.71. The Balaban J connectivity index is 1.77. The number of benzene rings is 2. The zero-order valence-corrected chi connectivity index (χ0v) is 19.1. The first-order valence-corrected chi connectivity index (χ1v) is 11.0. The Morgan fingerprint density at radius 2 is 2.03 bits per heavy atom. The molecular weight excluding hydrogens is 420 g/mol. The molecule has 1 aliphatic heterocycles. The standard InChI is InChI=1S/C25H28N4O4/c1-4-24(29-7-9-32-10-8-29)33-23-12-19-20(13-22(23)31-3)27-15-17(14-26)25(19)28-18-6-5-16(2)21(30)11-18/h5-6,11-13,15,24,30H,4,7-10H2,1-3H3,(H,27,28). The molecule has 0 radical (unpaired) electrons. The minimum absolute atomic E-state index is 0.127. The molecule has 1 unspecified atom stereocenters. The van der Waals surface area contributed by atoms with Gasteiger partial charge in [0.25, 0.3) is 0 Å². The van der Waals surface area contributed by atoms with Crippen LogP contribution in [0.1, 0.15) is 24.5 Å². The molecule has 3 aromatic rings. The van der Waals surface area contributed by atoms with Crippen molar-refractivity contribution in [2.24, 2.45) is 0 Å². The molecular formula is C25H28N4O4.